The molecule has 1 unspecified atom stereocenters. The molecule has 34 heavy (non-hydrogen) atoms. The third-order valence-electron chi connectivity index (χ3n) is 4.31. The van der Waals surface area contributed by atoms with Crippen LogP contribution in [0.3, 0.4) is 0 Å². The zero-order chi connectivity index (χ0) is 25.8. The normalized spacial score (nSPS) is 13.0. The number of halogens is 5. The predicted octanol–water partition coefficient (Wildman–Crippen LogP) is 5.54. The average Bonchev–Trinajstić information content (AvgIpc) is 2.72. The zero-order valence-corrected chi connectivity index (χ0v) is 21.1. The maximum absolute atomic E-state index is 14.8. The van der Waals surface area contributed by atoms with Crippen LogP contribution in [0, 0.1) is 5.82 Å². The molecule has 1 amide bonds. The van der Waals surface area contributed by atoms with Crippen molar-refractivity contribution in [2.24, 2.45) is 0 Å². The van der Waals surface area contributed by atoms with Crippen LogP contribution in [0.5, 0.6) is 5.88 Å². The number of carbonyl (C=O) groups excluding carboxylic acids is 1. The molecule has 0 aliphatic carbocycles. The van der Waals surface area contributed by atoms with E-state index in [0.717, 1.165) is 11.8 Å². The van der Waals surface area contributed by atoms with Gasteiger partial charge < -0.3 is 19.7 Å². The second-order valence-corrected chi connectivity index (χ2v) is 9.32. The van der Waals surface area contributed by atoms with E-state index in [0.29, 0.717) is 0 Å². The first kappa shape index (κ1) is 28.0. The van der Waals surface area contributed by atoms with Gasteiger partial charge in [-0.15, -0.1) is 0 Å². The molecule has 2 aromatic heterocycles. The molecule has 2 heterocycles. The van der Waals surface area contributed by atoms with Crippen molar-refractivity contribution in [1.82, 2.24) is 19.9 Å². The molecule has 1 atom stereocenters. The Bertz CT molecular complexity index is 1040. The topological polar surface area (TPSA) is 89.5 Å². The van der Waals surface area contributed by atoms with Gasteiger partial charge in [0, 0.05) is 20.1 Å². The Kier molecular flexibility index (Phi) is 9.03. The lowest BCUT2D eigenvalue weighted by Crippen LogP contribution is -2.36. The number of alkyl halides is 3. The largest absolute Gasteiger partial charge is 0.464 e. The van der Waals surface area contributed by atoms with Gasteiger partial charge in [-0.1, -0.05) is 30.3 Å². The van der Waals surface area contributed by atoms with Gasteiger partial charge in [-0.3, -0.25) is 0 Å². The summed E-state index contributed by atoms with van der Waals surface area (Å²) >= 11 is 6.92. The Hall–Kier alpha value is -2.28. The van der Waals surface area contributed by atoms with Crippen molar-refractivity contribution in [2.45, 2.75) is 57.2 Å². The Balaban J connectivity index is 2.43. The van der Waals surface area contributed by atoms with Gasteiger partial charge in [0.25, 0.3) is 0 Å². The minimum absolute atomic E-state index is 0.0120. The van der Waals surface area contributed by atoms with Gasteiger partial charge in [0.05, 0.1) is 0 Å². The van der Waals surface area contributed by atoms with E-state index >= 15 is 0 Å². The molecule has 0 spiro atoms. The summed E-state index contributed by atoms with van der Waals surface area (Å²) in [6, 6.07) is 0. The van der Waals surface area contributed by atoms with E-state index in [1.807, 2.05) is 0 Å². The van der Waals surface area contributed by atoms with Crippen LogP contribution in [0.2, 0.25) is 5.15 Å². The Morgan fingerprint density at radius 3 is 2.41 bits per heavy atom. The number of rotatable bonds is 8. The zero-order valence-electron chi connectivity index (χ0n) is 19.5. The van der Waals surface area contributed by atoms with E-state index in [9.17, 15) is 22.4 Å². The molecular weight excluding hydrogens is 502 g/mol. The van der Waals surface area contributed by atoms with Crippen molar-refractivity contribution >= 4 is 46.2 Å². The smallest absolute Gasteiger partial charge is 0.425 e. The monoisotopic (exact) mass is 527 g/mol. The van der Waals surface area contributed by atoms with Gasteiger partial charge in [0.1, 0.15) is 22.3 Å². The number of thioether (sulfide) groups is 1. The molecule has 8 nitrogen and oxygen atoms in total. The maximum atomic E-state index is 14.8. The highest BCUT2D eigenvalue weighted by molar-refractivity contribution is 7.98. The molecule has 2 aromatic rings. The molecule has 190 valence electrons. The average molecular weight is 528 g/mol. The Labute approximate surface area is 203 Å². The highest BCUT2D eigenvalue weighted by atomic mass is 35.5. The summed E-state index contributed by atoms with van der Waals surface area (Å²) in [7, 11) is 1.52. The minimum atomic E-state index is -4.69. The number of hydrogen-bond donors (Lipinski definition) is 1. The summed E-state index contributed by atoms with van der Waals surface area (Å²) < 4.78 is 65.2. The lowest BCUT2D eigenvalue weighted by molar-refractivity contribution is -0.196. The molecule has 2 rings (SSSR count). The number of likely N-dealkylation sites (N-methyl/N-ethyl adjacent to an activating group) is 1. The minimum Gasteiger partial charge on any atom is -0.464 e. The number of amides is 1. The number of nitrogens with zero attached hydrogens (tertiary/aromatic N) is 4. The lowest BCUT2D eigenvalue weighted by atomic mass is 10.2. The van der Waals surface area contributed by atoms with Crippen molar-refractivity contribution < 1.29 is 31.8 Å². The highest BCUT2D eigenvalue weighted by Gasteiger charge is 2.41. The van der Waals surface area contributed by atoms with E-state index in [4.69, 9.17) is 21.1 Å². The Morgan fingerprint density at radius 2 is 1.88 bits per heavy atom. The van der Waals surface area contributed by atoms with E-state index in [2.05, 4.69) is 20.3 Å². The highest BCUT2D eigenvalue weighted by Crippen LogP contribution is 2.37. The number of hydrogen-bond acceptors (Lipinski definition) is 8. The van der Waals surface area contributed by atoms with Gasteiger partial charge in [0.15, 0.2) is 22.2 Å². The second-order valence-electron chi connectivity index (χ2n) is 8.19. The number of pyridine rings is 1. The number of anilines is 1. The van der Waals surface area contributed by atoms with E-state index in [1.54, 1.807) is 27.0 Å². The lowest BCUT2D eigenvalue weighted by Gasteiger charge is -2.25. The summed E-state index contributed by atoms with van der Waals surface area (Å²) in [5.41, 5.74) is -1.02. The summed E-state index contributed by atoms with van der Waals surface area (Å²) in [4.78, 5) is 25.4. The summed E-state index contributed by atoms with van der Waals surface area (Å²) in [6.45, 7) is 6.73. The molecule has 0 bridgehead atoms. The molecule has 0 aromatic carbocycles. The number of nitrogens with one attached hydrogen (secondary N) is 1. The van der Waals surface area contributed by atoms with Gasteiger partial charge in [-0.2, -0.15) is 18.2 Å². The van der Waals surface area contributed by atoms with Gasteiger partial charge >= 0.3 is 12.3 Å². The molecular formula is C20H26ClF4N5O3S. The van der Waals surface area contributed by atoms with E-state index in [-0.39, 0.29) is 35.0 Å². The Morgan fingerprint density at radius 1 is 1.24 bits per heavy atom. The summed E-state index contributed by atoms with van der Waals surface area (Å²) in [6.07, 6.45) is -6.21. The van der Waals surface area contributed by atoms with Crippen LogP contribution in [0.25, 0.3) is 10.9 Å². The summed E-state index contributed by atoms with van der Waals surface area (Å²) in [5, 5.41) is 2.18. The number of fused-ring (bicyclic) bond motifs is 1. The molecule has 0 aliphatic rings. The molecule has 0 saturated heterocycles. The van der Waals surface area contributed by atoms with Gasteiger partial charge in [-0.25, -0.2) is 19.2 Å². The molecule has 0 radical (unpaired) electrons. The third-order valence-corrected chi connectivity index (χ3v) is 5.11. The van der Waals surface area contributed by atoms with Crippen LogP contribution in [0.1, 0.15) is 34.1 Å². The second kappa shape index (κ2) is 11.0. The van der Waals surface area contributed by atoms with Crippen molar-refractivity contribution in [3.05, 3.63) is 11.0 Å². The number of aromatic nitrogens is 3. The van der Waals surface area contributed by atoms with Crippen molar-refractivity contribution in [3.8, 4) is 5.88 Å². The third kappa shape index (κ3) is 7.11. The molecule has 0 saturated carbocycles. The fourth-order valence-electron chi connectivity index (χ4n) is 2.69. The SMILES string of the molecule is CCC(Oc1nc(Cl)c(F)c2nc(SC)nc(NCCN(C)C(=O)OC(C)(C)C)c12)C(F)(F)F. The molecule has 0 aliphatic heterocycles. The van der Waals surface area contributed by atoms with E-state index in [1.165, 1.54) is 18.9 Å². The van der Waals surface area contributed by atoms with Gasteiger partial charge in [0.2, 0.25) is 5.88 Å². The van der Waals surface area contributed by atoms with Crippen molar-refractivity contribution in [3.63, 3.8) is 0 Å². The fourth-order valence-corrected chi connectivity index (χ4v) is 3.22. The maximum Gasteiger partial charge on any atom is 0.425 e. The van der Waals surface area contributed by atoms with Crippen LogP contribution in [-0.2, 0) is 4.74 Å². The van der Waals surface area contributed by atoms with Gasteiger partial charge in [-0.05, 0) is 33.4 Å². The first-order valence-electron chi connectivity index (χ1n) is 10.2. The van der Waals surface area contributed by atoms with Crippen LogP contribution >= 0.6 is 23.4 Å². The fraction of sp³-hybridized carbons (Fsp3) is 0.600. The number of ether oxygens (including phenoxy) is 2. The molecule has 0 fully saturated rings. The molecule has 1 N–H and O–H groups in total. The first-order valence-corrected chi connectivity index (χ1v) is 11.8. The predicted molar refractivity (Wildman–Crippen MR) is 122 cm³/mol. The standard InChI is InChI=1S/C20H26ClF4N5O3S/c1-7-10(20(23,24)25)32-16-11-13(12(22)14(21)28-16)27-17(34-6)29-15(11)26-8-9-30(5)18(31)33-19(2,3)4/h10H,7-9H2,1-6H3,(H,26,27,29). The quantitative estimate of drug-likeness (QED) is 0.207. The first-order chi connectivity index (χ1) is 15.7. The van der Waals surface area contributed by atoms with Crippen molar-refractivity contribution in [2.75, 3.05) is 31.7 Å². The number of carbonyl (C=O) groups is 1. The molecule has 14 heteroatoms. The van der Waals surface area contributed by atoms with E-state index < -0.39 is 47.2 Å². The van der Waals surface area contributed by atoms with Crippen LogP contribution in [-0.4, -0.2) is 70.2 Å². The van der Waals surface area contributed by atoms with Crippen molar-refractivity contribution in [1.29, 1.82) is 0 Å². The van der Waals surface area contributed by atoms with Crippen LogP contribution in [0.4, 0.5) is 28.2 Å². The van der Waals surface area contributed by atoms with Crippen LogP contribution < -0.4 is 10.1 Å². The van der Waals surface area contributed by atoms with Crippen LogP contribution in [0.15, 0.2) is 5.16 Å². The summed E-state index contributed by atoms with van der Waals surface area (Å²) in [5.74, 6) is -1.58.